The van der Waals surface area contributed by atoms with E-state index in [4.69, 9.17) is 0 Å². The van der Waals surface area contributed by atoms with E-state index in [0.29, 0.717) is 6.42 Å². The summed E-state index contributed by atoms with van der Waals surface area (Å²) in [7, 11) is 0. The number of rotatable bonds is 4. The number of carbonyl (C=O) groups excluding carboxylic acids is 1. The summed E-state index contributed by atoms with van der Waals surface area (Å²) in [6.45, 7) is 1.91. The van der Waals surface area contributed by atoms with Crippen molar-refractivity contribution in [2.45, 2.75) is 13.3 Å². The first-order valence-electron chi connectivity index (χ1n) is 5.19. The predicted molar refractivity (Wildman–Crippen MR) is 68.2 cm³/mol. The molecule has 4 heteroatoms. The molecule has 0 aliphatic heterocycles. The number of aryl methyl sites for hydroxylation is 1. The van der Waals surface area contributed by atoms with Gasteiger partial charge in [-0.05, 0) is 31.4 Å². The summed E-state index contributed by atoms with van der Waals surface area (Å²) in [5.41, 5.74) is 2.62. The van der Waals surface area contributed by atoms with Crippen molar-refractivity contribution in [3.8, 4) is 0 Å². The van der Waals surface area contributed by atoms with E-state index < -0.39 is 0 Å². The van der Waals surface area contributed by atoms with Gasteiger partial charge in [-0.25, -0.2) is 4.98 Å². The Morgan fingerprint density at radius 1 is 1.50 bits per heavy atom. The van der Waals surface area contributed by atoms with E-state index in [-0.39, 0.29) is 5.78 Å². The smallest absolute Gasteiger partial charge is 0.163 e. The molecule has 3 nitrogen and oxygen atoms in total. The van der Waals surface area contributed by atoms with E-state index in [1.165, 1.54) is 0 Å². The van der Waals surface area contributed by atoms with Crippen LogP contribution in [0.25, 0.3) is 11.0 Å². The fourth-order valence-electron chi connectivity index (χ4n) is 1.65. The van der Waals surface area contributed by atoms with Crippen LogP contribution in [-0.4, -0.2) is 27.8 Å². The van der Waals surface area contributed by atoms with Gasteiger partial charge in [0.1, 0.15) is 5.82 Å². The lowest BCUT2D eigenvalue weighted by atomic mass is 10.1. The summed E-state index contributed by atoms with van der Waals surface area (Å²) in [5.74, 6) is 1.95. The van der Waals surface area contributed by atoms with Crippen molar-refractivity contribution < 1.29 is 4.79 Å². The molecule has 0 aliphatic rings. The van der Waals surface area contributed by atoms with Crippen LogP contribution < -0.4 is 0 Å². The van der Waals surface area contributed by atoms with Crippen molar-refractivity contribution in [2.75, 3.05) is 12.0 Å². The third-order valence-electron chi connectivity index (χ3n) is 2.46. The van der Waals surface area contributed by atoms with Crippen LogP contribution in [0.1, 0.15) is 22.6 Å². The maximum Gasteiger partial charge on any atom is 0.163 e. The van der Waals surface area contributed by atoms with Crippen molar-refractivity contribution in [3.63, 3.8) is 0 Å². The molecule has 0 unspecified atom stereocenters. The number of hydrogen-bond donors (Lipinski definition) is 1. The van der Waals surface area contributed by atoms with Gasteiger partial charge in [0, 0.05) is 17.7 Å². The van der Waals surface area contributed by atoms with Crippen molar-refractivity contribution in [1.29, 1.82) is 0 Å². The van der Waals surface area contributed by atoms with E-state index >= 15 is 0 Å². The van der Waals surface area contributed by atoms with Crippen LogP contribution in [0.5, 0.6) is 0 Å². The number of fused-ring (bicyclic) bond motifs is 1. The van der Waals surface area contributed by atoms with E-state index in [2.05, 4.69) is 9.97 Å². The average Bonchev–Trinajstić information content (AvgIpc) is 2.64. The maximum atomic E-state index is 11.8. The van der Waals surface area contributed by atoms with E-state index in [1.54, 1.807) is 11.8 Å². The molecule has 0 radical (unpaired) electrons. The largest absolute Gasteiger partial charge is 0.342 e. The Morgan fingerprint density at radius 2 is 2.31 bits per heavy atom. The molecule has 16 heavy (non-hydrogen) atoms. The molecule has 1 heterocycles. The second-order valence-electron chi connectivity index (χ2n) is 3.72. The summed E-state index contributed by atoms with van der Waals surface area (Å²) in [6, 6.07) is 5.63. The normalized spacial score (nSPS) is 10.9. The quantitative estimate of drug-likeness (QED) is 0.827. The molecule has 0 fully saturated rings. The number of ketones is 1. The first kappa shape index (κ1) is 11.2. The number of Topliss-reactive ketones (excluding diaryl/α,β-unsaturated/α-hetero) is 1. The molecule has 1 aromatic heterocycles. The Balaban J connectivity index is 2.28. The van der Waals surface area contributed by atoms with Crippen LogP contribution in [0.3, 0.4) is 0 Å². The number of carbonyl (C=O) groups is 1. The van der Waals surface area contributed by atoms with Crippen molar-refractivity contribution >= 4 is 28.6 Å². The zero-order valence-corrected chi connectivity index (χ0v) is 10.2. The molecule has 2 aromatic rings. The summed E-state index contributed by atoms with van der Waals surface area (Å²) in [4.78, 5) is 19.3. The molecular formula is C12H14N2OS. The molecule has 0 saturated carbocycles. The van der Waals surface area contributed by atoms with Crippen molar-refractivity contribution in [2.24, 2.45) is 0 Å². The fraction of sp³-hybridized carbons (Fsp3) is 0.333. The first-order chi connectivity index (χ1) is 7.70. The minimum absolute atomic E-state index is 0.198. The number of thioether (sulfide) groups is 1. The van der Waals surface area contributed by atoms with Gasteiger partial charge >= 0.3 is 0 Å². The van der Waals surface area contributed by atoms with E-state index in [9.17, 15) is 4.79 Å². The van der Waals surface area contributed by atoms with Gasteiger partial charge in [-0.3, -0.25) is 4.79 Å². The summed E-state index contributed by atoms with van der Waals surface area (Å²) < 4.78 is 0. The Kier molecular flexibility index (Phi) is 3.29. The number of nitrogens with zero attached hydrogens (tertiary/aromatic N) is 1. The van der Waals surface area contributed by atoms with Crippen LogP contribution in [0.4, 0.5) is 0 Å². The molecule has 1 aromatic carbocycles. The van der Waals surface area contributed by atoms with Gasteiger partial charge < -0.3 is 4.98 Å². The minimum Gasteiger partial charge on any atom is -0.342 e. The van der Waals surface area contributed by atoms with Gasteiger partial charge in [-0.2, -0.15) is 11.8 Å². The molecule has 0 aliphatic carbocycles. The SMILES string of the molecule is CSCCC(=O)c1ccc2nc(C)[nH]c2c1. The third kappa shape index (κ3) is 2.27. The van der Waals surface area contributed by atoms with Gasteiger partial charge in [0.2, 0.25) is 0 Å². The van der Waals surface area contributed by atoms with Gasteiger partial charge in [-0.1, -0.05) is 0 Å². The van der Waals surface area contributed by atoms with Crippen LogP contribution in [0.15, 0.2) is 18.2 Å². The maximum absolute atomic E-state index is 11.8. The molecular weight excluding hydrogens is 220 g/mol. The van der Waals surface area contributed by atoms with Crippen LogP contribution in [-0.2, 0) is 0 Å². The first-order valence-corrected chi connectivity index (χ1v) is 6.58. The third-order valence-corrected chi connectivity index (χ3v) is 3.07. The Labute approximate surface area is 98.7 Å². The molecule has 0 atom stereocenters. The number of aromatic amines is 1. The number of imidazole rings is 1. The number of benzene rings is 1. The summed E-state index contributed by atoms with van der Waals surface area (Å²) in [6.07, 6.45) is 2.61. The highest BCUT2D eigenvalue weighted by Crippen LogP contribution is 2.15. The van der Waals surface area contributed by atoms with E-state index in [0.717, 1.165) is 28.2 Å². The highest BCUT2D eigenvalue weighted by atomic mass is 32.2. The highest BCUT2D eigenvalue weighted by Gasteiger charge is 2.07. The van der Waals surface area contributed by atoms with Gasteiger partial charge in [0.25, 0.3) is 0 Å². The lowest BCUT2D eigenvalue weighted by molar-refractivity contribution is 0.0989. The van der Waals surface area contributed by atoms with Gasteiger partial charge in [0.15, 0.2) is 5.78 Å². The topological polar surface area (TPSA) is 45.8 Å². The number of nitrogens with one attached hydrogen (secondary N) is 1. The average molecular weight is 234 g/mol. The lowest BCUT2D eigenvalue weighted by Gasteiger charge is -1.99. The molecule has 2 rings (SSSR count). The van der Waals surface area contributed by atoms with Crippen LogP contribution in [0.2, 0.25) is 0 Å². The minimum atomic E-state index is 0.198. The Morgan fingerprint density at radius 3 is 3.06 bits per heavy atom. The number of hydrogen-bond acceptors (Lipinski definition) is 3. The second kappa shape index (κ2) is 4.70. The Bertz CT molecular complexity index is 519. The molecule has 0 bridgehead atoms. The monoisotopic (exact) mass is 234 g/mol. The number of H-pyrrole nitrogens is 1. The standard InChI is InChI=1S/C12H14N2OS/c1-8-13-10-4-3-9(7-11(10)14-8)12(15)5-6-16-2/h3-4,7H,5-6H2,1-2H3,(H,13,14). The van der Waals surface area contributed by atoms with Crippen molar-refractivity contribution in [1.82, 2.24) is 9.97 Å². The fourth-order valence-corrected chi connectivity index (χ4v) is 2.04. The highest BCUT2D eigenvalue weighted by molar-refractivity contribution is 7.98. The number of aromatic nitrogens is 2. The van der Waals surface area contributed by atoms with Crippen molar-refractivity contribution in [3.05, 3.63) is 29.6 Å². The molecule has 0 saturated heterocycles. The molecule has 1 N–H and O–H groups in total. The predicted octanol–water partition coefficient (Wildman–Crippen LogP) is 2.81. The van der Waals surface area contributed by atoms with Gasteiger partial charge in [0.05, 0.1) is 11.0 Å². The van der Waals surface area contributed by atoms with Crippen LogP contribution in [0, 0.1) is 6.92 Å². The summed E-state index contributed by atoms with van der Waals surface area (Å²) >= 11 is 1.69. The molecule has 0 spiro atoms. The van der Waals surface area contributed by atoms with E-state index in [1.807, 2.05) is 31.4 Å². The zero-order valence-electron chi connectivity index (χ0n) is 9.41. The van der Waals surface area contributed by atoms with Gasteiger partial charge in [-0.15, -0.1) is 0 Å². The molecule has 84 valence electrons. The summed E-state index contributed by atoms with van der Waals surface area (Å²) in [5, 5.41) is 0. The Hall–Kier alpha value is -1.29. The van der Waals surface area contributed by atoms with Crippen LogP contribution >= 0.6 is 11.8 Å². The second-order valence-corrected chi connectivity index (χ2v) is 4.71. The lowest BCUT2D eigenvalue weighted by Crippen LogP contribution is -2.00. The molecule has 0 amide bonds. The zero-order chi connectivity index (χ0) is 11.5.